The van der Waals surface area contributed by atoms with Crippen molar-refractivity contribution in [1.82, 2.24) is 9.78 Å². The summed E-state index contributed by atoms with van der Waals surface area (Å²) in [5, 5.41) is 4.32. The molecule has 0 spiro atoms. The van der Waals surface area contributed by atoms with Crippen molar-refractivity contribution < 1.29 is 0 Å². The van der Waals surface area contributed by atoms with E-state index >= 15 is 0 Å². The van der Waals surface area contributed by atoms with Crippen molar-refractivity contribution in [1.29, 1.82) is 0 Å². The van der Waals surface area contributed by atoms with E-state index in [1.807, 2.05) is 36.1 Å². The molecule has 0 saturated carbocycles. The summed E-state index contributed by atoms with van der Waals surface area (Å²) in [4.78, 5) is 1.14. The average molecular weight is 368 g/mol. The van der Waals surface area contributed by atoms with Gasteiger partial charge in [-0.25, -0.2) is 0 Å². The van der Waals surface area contributed by atoms with Crippen LogP contribution in [0.2, 0.25) is 4.34 Å². The molecule has 6 heteroatoms. The van der Waals surface area contributed by atoms with E-state index in [1.54, 1.807) is 11.3 Å². The van der Waals surface area contributed by atoms with Gasteiger partial charge >= 0.3 is 0 Å². The maximum atomic E-state index is 6.02. The standard InChI is InChI=1S/C10H11ClIN3S/c1-6(13)10(8-2-3-9(11)16-8)15-5-7(12)4-14-15/h2-6,10H,13H2,1H3. The van der Waals surface area contributed by atoms with E-state index in [1.165, 1.54) is 0 Å². The summed E-state index contributed by atoms with van der Waals surface area (Å²) in [7, 11) is 0. The molecule has 16 heavy (non-hydrogen) atoms. The van der Waals surface area contributed by atoms with Crippen LogP contribution >= 0.6 is 45.5 Å². The van der Waals surface area contributed by atoms with Gasteiger partial charge in [0, 0.05) is 17.1 Å². The lowest BCUT2D eigenvalue weighted by Crippen LogP contribution is -2.29. The topological polar surface area (TPSA) is 43.8 Å². The van der Waals surface area contributed by atoms with Gasteiger partial charge in [0.15, 0.2) is 0 Å². The molecule has 2 N–H and O–H groups in total. The number of thiophene rings is 1. The molecule has 0 aliphatic rings. The van der Waals surface area contributed by atoms with Gasteiger partial charge in [0.05, 0.1) is 14.1 Å². The van der Waals surface area contributed by atoms with Crippen molar-refractivity contribution in [2.45, 2.75) is 19.0 Å². The van der Waals surface area contributed by atoms with E-state index in [-0.39, 0.29) is 12.1 Å². The zero-order chi connectivity index (χ0) is 11.7. The molecule has 2 heterocycles. The van der Waals surface area contributed by atoms with Crippen LogP contribution < -0.4 is 5.73 Å². The Kier molecular flexibility index (Phi) is 3.89. The van der Waals surface area contributed by atoms with Crippen LogP contribution in [0.4, 0.5) is 0 Å². The lowest BCUT2D eigenvalue weighted by molar-refractivity contribution is 0.460. The summed E-state index contributed by atoms with van der Waals surface area (Å²) in [5.74, 6) is 0. The van der Waals surface area contributed by atoms with Crippen molar-refractivity contribution in [2.24, 2.45) is 5.73 Å². The highest BCUT2D eigenvalue weighted by Crippen LogP contribution is 2.30. The van der Waals surface area contributed by atoms with Crippen molar-refractivity contribution in [3.8, 4) is 0 Å². The van der Waals surface area contributed by atoms with Crippen molar-refractivity contribution in [3.05, 3.63) is 37.3 Å². The number of rotatable bonds is 3. The van der Waals surface area contributed by atoms with E-state index in [0.29, 0.717) is 0 Å². The van der Waals surface area contributed by atoms with Crippen LogP contribution in [0, 0.1) is 3.57 Å². The number of aromatic nitrogens is 2. The van der Waals surface area contributed by atoms with E-state index in [9.17, 15) is 0 Å². The molecule has 0 radical (unpaired) electrons. The molecule has 2 atom stereocenters. The third-order valence-corrected chi connectivity index (χ3v) is 4.10. The first-order valence-corrected chi connectivity index (χ1v) is 7.05. The van der Waals surface area contributed by atoms with Crippen molar-refractivity contribution in [2.75, 3.05) is 0 Å². The molecule has 86 valence electrons. The molecule has 2 aromatic rings. The number of hydrogen-bond donors (Lipinski definition) is 1. The summed E-state index contributed by atoms with van der Waals surface area (Å²) in [6, 6.07) is 3.95. The van der Waals surface area contributed by atoms with Gasteiger partial charge in [-0.2, -0.15) is 5.10 Å². The molecule has 2 rings (SSSR count). The summed E-state index contributed by atoms with van der Waals surface area (Å²) in [6.45, 7) is 1.98. The van der Waals surface area contributed by atoms with Gasteiger partial charge in [0.2, 0.25) is 0 Å². The number of nitrogens with two attached hydrogens (primary N) is 1. The van der Waals surface area contributed by atoms with Crippen LogP contribution in [0.3, 0.4) is 0 Å². The highest BCUT2D eigenvalue weighted by Gasteiger charge is 2.20. The van der Waals surface area contributed by atoms with Crippen molar-refractivity contribution >= 4 is 45.5 Å². The van der Waals surface area contributed by atoms with Gasteiger partial charge in [-0.15, -0.1) is 11.3 Å². The molecule has 0 aliphatic heterocycles. The zero-order valence-corrected chi connectivity index (χ0v) is 12.3. The van der Waals surface area contributed by atoms with E-state index in [4.69, 9.17) is 17.3 Å². The Morgan fingerprint density at radius 2 is 2.31 bits per heavy atom. The van der Waals surface area contributed by atoms with Crippen molar-refractivity contribution in [3.63, 3.8) is 0 Å². The molecule has 2 aromatic heterocycles. The lowest BCUT2D eigenvalue weighted by atomic mass is 10.1. The monoisotopic (exact) mass is 367 g/mol. The van der Waals surface area contributed by atoms with Gasteiger partial charge in [-0.05, 0) is 41.6 Å². The molecule has 0 fully saturated rings. The molecule has 2 unspecified atom stereocenters. The highest BCUT2D eigenvalue weighted by atomic mass is 127. The largest absolute Gasteiger partial charge is 0.326 e. The first-order valence-electron chi connectivity index (χ1n) is 4.78. The minimum absolute atomic E-state index is 0.00887. The van der Waals surface area contributed by atoms with Crippen LogP contribution in [0.15, 0.2) is 24.5 Å². The molecule has 3 nitrogen and oxygen atoms in total. The number of hydrogen-bond acceptors (Lipinski definition) is 3. The van der Waals surface area contributed by atoms with E-state index < -0.39 is 0 Å². The van der Waals surface area contributed by atoms with E-state index in [2.05, 4.69) is 27.7 Å². The van der Waals surface area contributed by atoms with E-state index in [0.717, 1.165) is 12.8 Å². The zero-order valence-electron chi connectivity index (χ0n) is 8.60. The molecule has 0 aromatic carbocycles. The predicted molar refractivity (Wildman–Crippen MR) is 76.1 cm³/mol. The van der Waals surface area contributed by atoms with Gasteiger partial charge in [-0.3, -0.25) is 4.68 Å². The summed E-state index contributed by atoms with van der Waals surface area (Å²) >= 11 is 9.73. The molecular weight excluding hydrogens is 357 g/mol. The molecule has 0 saturated heterocycles. The normalized spacial score (nSPS) is 15.0. The van der Waals surface area contributed by atoms with Gasteiger partial charge in [-0.1, -0.05) is 11.6 Å². The molecule has 0 bridgehead atoms. The second kappa shape index (κ2) is 5.03. The average Bonchev–Trinajstić information content (AvgIpc) is 2.76. The van der Waals surface area contributed by atoms with Crippen LogP contribution in [0.25, 0.3) is 0 Å². The fourth-order valence-corrected chi connectivity index (χ4v) is 3.27. The Balaban J connectivity index is 2.38. The fraction of sp³-hybridized carbons (Fsp3) is 0.300. The Morgan fingerprint density at radius 1 is 1.56 bits per heavy atom. The van der Waals surface area contributed by atoms with Crippen LogP contribution in [-0.2, 0) is 0 Å². The quantitative estimate of drug-likeness (QED) is 0.847. The van der Waals surface area contributed by atoms with Crippen LogP contribution in [-0.4, -0.2) is 15.8 Å². The maximum absolute atomic E-state index is 6.02. The Labute approximate surface area is 117 Å². The summed E-state index contributed by atoms with van der Waals surface area (Å²) in [6.07, 6.45) is 3.81. The van der Waals surface area contributed by atoms with Crippen LogP contribution in [0.1, 0.15) is 17.8 Å². The second-order valence-electron chi connectivity index (χ2n) is 3.58. The lowest BCUT2D eigenvalue weighted by Gasteiger charge is -2.19. The summed E-state index contributed by atoms with van der Waals surface area (Å²) < 4.78 is 3.78. The Morgan fingerprint density at radius 3 is 2.75 bits per heavy atom. The predicted octanol–water partition coefficient (Wildman–Crippen LogP) is 3.14. The van der Waals surface area contributed by atoms with Gasteiger partial charge < -0.3 is 5.73 Å². The molecular formula is C10H11ClIN3S. The van der Waals surface area contributed by atoms with Crippen LogP contribution in [0.5, 0.6) is 0 Å². The number of halogens is 2. The number of nitrogens with zero attached hydrogens (tertiary/aromatic N) is 2. The summed E-state index contributed by atoms with van der Waals surface area (Å²) in [5.41, 5.74) is 6.02. The first kappa shape index (κ1) is 12.3. The third-order valence-electron chi connectivity index (χ3n) is 2.24. The molecule has 0 amide bonds. The maximum Gasteiger partial charge on any atom is 0.101 e. The SMILES string of the molecule is CC(N)C(c1ccc(Cl)s1)n1cc(I)cn1. The minimum atomic E-state index is -0.00887. The van der Waals surface area contributed by atoms with Gasteiger partial charge in [0.25, 0.3) is 0 Å². The Bertz CT molecular complexity index is 440. The first-order chi connectivity index (χ1) is 7.58. The van der Waals surface area contributed by atoms with Gasteiger partial charge in [0.1, 0.15) is 6.04 Å². The molecule has 0 aliphatic carbocycles. The smallest absolute Gasteiger partial charge is 0.101 e. The second-order valence-corrected chi connectivity index (χ2v) is 6.58. The minimum Gasteiger partial charge on any atom is -0.326 e. The highest BCUT2D eigenvalue weighted by molar-refractivity contribution is 14.1. The Hall–Kier alpha value is -0.110. The fourth-order valence-electron chi connectivity index (χ4n) is 1.58. The third kappa shape index (κ3) is 2.58.